The Morgan fingerprint density at radius 2 is 1.33 bits per heavy atom. The van der Waals surface area contributed by atoms with Crippen molar-refractivity contribution < 1.29 is 48.3 Å². The van der Waals surface area contributed by atoms with Crippen molar-refractivity contribution in [1.29, 1.82) is 0 Å². The molecule has 1 aliphatic heterocycles. The number of likely N-dealkylation sites (tertiary alicyclic amines) is 1. The summed E-state index contributed by atoms with van der Waals surface area (Å²) in [5.41, 5.74) is 21.8. The number of rotatable bonds is 25. The summed E-state index contributed by atoms with van der Waals surface area (Å²) in [6.45, 7) is 9.56. The summed E-state index contributed by atoms with van der Waals surface area (Å²) in [5.74, 6) is -8.07. The van der Waals surface area contributed by atoms with Gasteiger partial charge in [0.1, 0.15) is 36.8 Å². The number of carboxylic acid groups (broad SMARTS) is 1. The number of aliphatic imine (C=N–C) groups is 1. The number of aliphatic carboxylic acids is 1. The van der Waals surface area contributed by atoms with Crippen molar-refractivity contribution in [3.8, 4) is 0 Å². The van der Waals surface area contributed by atoms with Crippen LogP contribution in [0.2, 0.25) is 0 Å². The van der Waals surface area contributed by atoms with E-state index in [1.54, 1.807) is 27.7 Å². The molecule has 0 bridgehead atoms. The number of guanidine groups is 1. The molecule has 8 amide bonds. The van der Waals surface area contributed by atoms with Crippen LogP contribution in [-0.2, 0) is 43.2 Å². The van der Waals surface area contributed by atoms with Crippen LogP contribution in [0.25, 0.3) is 0 Å². The fourth-order valence-electron chi connectivity index (χ4n) is 6.05. The van der Waals surface area contributed by atoms with Gasteiger partial charge in [0, 0.05) is 19.5 Å². The summed E-state index contributed by atoms with van der Waals surface area (Å²) in [5, 5.41) is 24.2. The highest BCUT2D eigenvalue weighted by Crippen LogP contribution is 2.20. The second kappa shape index (κ2) is 25.0. The van der Waals surface area contributed by atoms with Crippen LogP contribution >= 0.6 is 0 Å². The minimum absolute atomic E-state index is 0.0877. The number of nitrogens with one attached hydrogen (secondary N) is 6. The molecule has 328 valence electrons. The van der Waals surface area contributed by atoms with Crippen molar-refractivity contribution in [2.75, 3.05) is 26.2 Å². The second-order valence-corrected chi connectivity index (χ2v) is 15.4. The van der Waals surface area contributed by atoms with Crippen molar-refractivity contribution in [2.45, 2.75) is 123 Å². The third kappa shape index (κ3) is 18.2. The average Bonchev–Trinajstić information content (AvgIpc) is 3.63. The van der Waals surface area contributed by atoms with Gasteiger partial charge >= 0.3 is 5.97 Å². The van der Waals surface area contributed by atoms with E-state index in [1.807, 2.05) is 13.8 Å². The Labute approximate surface area is 338 Å². The Hall–Kier alpha value is -5.54. The highest BCUT2D eigenvalue weighted by molar-refractivity contribution is 5.97. The zero-order valence-electron chi connectivity index (χ0n) is 34.3. The molecule has 0 radical (unpaired) electrons. The maximum atomic E-state index is 13.8. The number of nitrogens with zero attached hydrogens (tertiary/aromatic N) is 2. The van der Waals surface area contributed by atoms with Gasteiger partial charge in [-0.1, -0.05) is 41.5 Å². The van der Waals surface area contributed by atoms with Crippen LogP contribution in [0.15, 0.2) is 4.99 Å². The number of carboxylic acids is 1. The number of amides is 8. The minimum atomic E-state index is -1.33. The largest absolute Gasteiger partial charge is 0.480 e. The number of carbonyl (C=O) groups excluding carboxylic acids is 8. The summed E-state index contributed by atoms with van der Waals surface area (Å²) in [6, 6.07) is -6.79. The molecule has 1 aliphatic rings. The molecule has 0 spiro atoms. The van der Waals surface area contributed by atoms with Crippen molar-refractivity contribution in [3.63, 3.8) is 0 Å². The lowest BCUT2D eigenvalue weighted by atomic mass is 9.98. The van der Waals surface area contributed by atoms with E-state index in [0.29, 0.717) is 12.8 Å². The molecule has 6 atom stereocenters. The van der Waals surface area contributed by atoms with Crippen molar-refractivity contribution in [2.24, 2.45) is 45.7 Å². The first-order valence-electron chi connectivity index (χ1n) is 19.4. The van der Waals surface area contributed by atoms with Gasteiger partial charge in [-0.2, -0.15) is 0 Å². The molecule has 1 fully saturated rings. The summed E-state index contributed by atoms with van der Waals surface area (Å²) in [4.78, 5) is 121. The van der Waals surface area contributed by atoms with E-state index in [9.17, 15) is 43.2 Å². The molecular weight excluding hydrogens is 760 g/mol. The van der Waals surface area contributed by atoms with E-state index < -0.39 is 114 Å². The molecule has 0 aromatic heterocycles. The van der Waals surface area contributed by atoms with Gasteiger partial charge in [0.15, 0.2) is 5.96 Å². The Bertz CT molecular complexity index is 1500. The predicted octanol–water partition coefficient (Wildman–Crippen LogP) is -3.76. The lowest BCUT2D eigenvalue weighted by molar-refractivity contribution is -0.143. The monoisotopic (exact) mass is 824 g/mol. The molecule has 0 aromatic carbocycles. The normalized spacial score (nSPS) is 16.3. The fraction of sp³-hybridized carbons (Fsp3) is 0.722. The Kier molecular flexibility index (Phi) is 21.7. The quantitative estimate of drug-likeness (QED) is 0.0240. The van der Waals surface area contributed by atoms with Gasteiger partial charge < -0.3 is 64.8 Å². The highest BCUT2D eigenvalue weighted by atomic mass is 16.4. The minimum Gasteiger partial charge on any atom is -0.480 e. The topological polar surface area (TPSA) is 366 Å². The van der Waals surface area contributed by atoms with Crippen molar-refractivity contribution in [3.05, 3.63) is 0 Å². The predicted molar refractivity (Wildman–Crippen MR) is 212 cm³/mol. The van der Waals surface area contributed by atoms with Gasteiger partial charge in [0.2, 0.25) is 47.3 Å². The highest BCUT2D eigenvalue weighted by Gasteiger charge is 2.39. The molecule has 0 saturated carbocycles. The summed E-state index contributed by atoms with van der Waals surface area (Å²) < 4.78 is 0. The standard InChI is InChI=1S/C36H64N12O10/c1-18(2)15-23(45-33(56)28(19(3)4)46-26(50)16-42-30(53)21(37)9-7-13-41-36(39)40)31(54)47-29(20(5)6)34(57)44-22(11-12-25(38)49)35(58)48-14-8-10-24(48)32(55)43-17-27(51)52/h18-24,28-29H,7-17,37H2,1-6H3,(H2,38,49)(H,42,53)(H,43,55)(H,44,57)(H,45,56)(H,46,50)(H,47,54)(H,51,52)(H4,39,40,41)/t21-,22-,23-,24-,28-,29-/m0/s1. The Morgan fingerprint density at radius 3 is 1.86 bits per heavy atom. The molecule has 22 nitrogen and oxygen atoms in total. The summed E-state index contributed by atoms with van der Waals surface area (Å²) in [6.07, 6.45) is 0.985. The number of nitrogens with two attached hydrogens (primary N) is 4. The van der Waals surface area contributed by atoms with Gasteiger partial charge in [-0.3, -0.25) is 48.1 Å². The van der Waals surface area contributed by atoms with Gasteiger partial charge in [0.25, 0.3) is 0 Å². The van der Waals surface area contributed by atoms with E-state index in [1.165, 1.54) is 4.90 Å². The number of carbonyl (C=O) groups is 9. The van der Waals surface area contributed by atoms with E-state index in [0.717, 1.165) is 0 Å². The second-order valence-electron chi connectivity index (χ2n) is 15.4. The molecule has 58 heavy (non-hydrogen) atoms. The van der Waals surface area contributed by atoms with E-state index in [2.05, 4.69) is 36.9 Å². The Morgan fingerprint density at radius 1 is 0.741 bits per heavy atom. The molecule has 1 rings (SSSR count). The van der Waals surface area contributed by atoms with Gasteiger partial charge in [-0.05, 0) is 56.3 Å². The van der Waals surface area contributed by atoms with Gasteiger partial charge in [0.05, 0.1) is 12.6 Å². The van der Waals surface area contributed by atoms with Crippen LogP contribution in [0, 0.1) is 17.8 Å². The van der Waals surface area contributed by atoms with E-state index in [4.69, 9.17) is 28.0 Å². The maximum absolute atomic E-state index is 13.8. The Balaban J connectivity index is 3.10. The number of hydrogen-bond acceptors (Lipinski definition) is 11. The first kappa shape index (κ1) is 50.5. The molecule has 0 unspecified atom stereocenters. The molecule has 0 aromatic rings. The molecular formula is C36H64N12O10. The van der Waals surface area contributed by atoms with Crippen LogP contribution in [0.5, 0.6) is 0 Å². The van der Waals surface area contributed by atoms with E-state index in [-0.39, 0.29) is 57.1 Å². The smallest absolute Gasteiger partial charge is 0.322 e. The van der Waals surface area contributed by atoms with Crippen LogP contribution in [0.4, 0.5) is 0 Å². The maximum Gasteiger partial charge on any atom is 0.322 e. The lowest BCUT2D eigenvalue weighted by Crippen LogP contribution is -2.61. The number of primary amides is 1. The molecule has 1 heterocycles. The third-order valence-corrected chi connectivity index (χ3v) is 9.13. The zero-order chi connectivity index (χ0) is 44.3. The molecule has 0 aliphatic carbocycles. The summed E-state index contributed by atoms with van der Waals surface area (Å²) in [7, 11) is 0. The molecule has 22 heteroatoms. The summed E-state index contributed by atoms with van der Waals surface area (Å²) >= 11 is 0. The zero-order valence-corrected chi connectivity index (χ0v) is 34.3. The van der Waals surface area contributed by atoms with E-state index >= 15 is 0 Å². The first-order valence-corrected chi connectivity index (χ1v) is 19.4. The number of hydrogen-bond donors (Lipinski definition) is 11. The SMILES string of the molecule is CC(C)C[C@H](NC(=O)[C@@H](NC(=O)CNC(=O)[C@@H](N)CCCN=C(N)N)C(C)C)C(=O)N[C@H](C(=O)N[C@@H](CCC(N)=O)C(=O)N1CCC[C@H]1C(=O)NCC(=O)O)C(C)C. The van der Waals surface area contributed by atoms with Gasteiger partial charge in [-0.25, -0.2) is 0 Å². The van der Waals surface area contributed by atoms with Gasteiger partial charge in [-0.15, -0.1) is 0 Å². The third-order valence-electron chi connectivity index (χ3n) is 9.13. The average molecular weight is 825 g/mol. The molecule has 15 N–H and O–H groups in total. The first-order chi connectivity index (χ1) is 27.0. The fourth-order valence-corrected chi connectivity index (χ4v) is 6.05. The van der Waals surface area contributed by atoms with Crippen LogP contribution in [-0.4, -0.2) is 132 Å². The lowest BCUT2D eigenvalue weighted by Gasteiger charge is -2.31. The molecule has 1 saturated heterocycles. The van der Waals surface area contributed by atoms with Crippen LogP contribution in [0.1, 0.15) is 86.5 Å². The van der Waals surface area contributed by atoms with Crippen LogP contribution in [0.3, 0.4) is 0 Å². The van der Waals surface area contributed by atoms with Crippen molar-refractivity contribution >= 4 is 59.2 Å². The van der Waals surface area contributed by atoms with Crippen molar-refractivity contribution in [1.82, 2.24) is 36.8 Å². The van der Waals surface area contributed by atoms with Crippen LogP contribution < -0.4 is 54.8 Å².